The van der Waals surface area contributed by atoms with Crippen LogP contribution in [0.15, 0.2) is 24.3 Å². The molecule has 8 heteroatoms. The molecule has 23 heavy (non-hydrogen) atoms. The van der Waals surface area contributed by atoms with Crippen molar-refractivity contribution < 1.29 is 36.6 Å². The van der Waals surface area contributed by atoms with Gasteiger partial charge in [0.2, 0.25) is 0 Å². The maximum atomic E-state index is 12.4. The molecule has 1 aromatic carbocycles. The lowest BCUT2D eigenvalue weighted by molar-refractivity contribution is -0.137. The van der Waals surface area contributed by atoms with E-state index in [1.807, 2.05) is 0 Å². The second kappa shape index (κ2) is 9.02. The number of rotatable bonds is 8. The highest BCUT2D eigenvalue weighted by Crippen LogP contribution is 2.34. The summed E-state index contributed by atoms with van der Waals surface area (Å²) in [7, 11) is 0. The summed E-state index contributed by atoms with van der Waals surface area (Å²) < 4.78 is 62.5. The molecule has 4 nitrogen and oxygen atoms in total. The Balaban J connectivity index is 3.18. The summed E-state index contributed by atoms with van der Waals surface area (Å²) in [5.41, 5.74) is 0.837. The lowest BCUT2D eigenvalue weighted by Gasteiger charge is -2.14. The Labute approximate surface area is 130 Å². The minimum Gasteiger partial charge on any atom is -0.463 e. The molecular weight excluding hydrogens is 320 g/mol. The van der Waals surface area contributed by atoms with Crippen molar-refractivity contribution in [2.75, 3.05) is 6.61 Å². The van der Waals surface area contributed by atoms with Gasteiger partial charge < -0.3 is 14.2 Å². The van der Waals surface area contributed by atoms with Crippen molar-refractivity contribution in [1.82, 2.24) is 0 Å². The van der Waals surface area contributed by atoms with E-state index >= 15 is 0 Å². The van der Waals surface area contributed by atoms with Gasteiger partial charge in [0.1, 0.15) is 0 Å². The molecule has 0 aliphatic carbocycles. The first-order chi connectivity index (χ1) is 10.9. The molecule has 0 aliphatic heterocycles. The highest BCUT2D eigenvalue weighted by Gasteiger charge is 2.16. The smallest absolute Gasteiger partial charge is 0.387 e. The Morgan fingerprint density at radius 1 is 1.09 bits per heavy atom. The summed E-state index contributed by atoms with van der Waals surface area (Å²) in [6.45, 7) is -2.82. The van der Waals surface area contributed by atoms with Crippen molar-refractivity contribution in [1.29, 1.82) is 0 Å². The molecule has 0 radical (unpaired) electrons. The van der Waals surface area contributed by atoms with Gasteiger partial charge in [-0.05, 0) is 36.6 Å². The monoisotopic (exact) mass is 336 g/mol. The van der Waals surface area contributed by atoms with Crippen molar-refractivity contribution in [2.24, 2.45) is 0 Å². The standard InChI is InChI=1S/C15H16F4O4/c1-3-9(8-13(20)21-4-2)10-5-6-11(22-14(16)17)12(7-10)23-15(18)19/h5-8,14-15H,3-4H2,1-2H3/b9-8+. The van der Waals surface area contributed by atoms with E-state index in [-0.39, 0.29) is 6.61 Å². The number of carbonyl (C=O) groups is 1. The van der Waals surface area contributed by atoms with Gasteiger partial charge in [-0.15, -0.1) is 0 Å². The summed E-state index contributed by atoms with van der Waals surface area (Å²) in [6, 6.07) is 3.55. The van der Waals surface area contributed by atoms with Crippen LogP contribution in [0.1, 0.15) is 25.8 Å². The lowest BCUT2D eigenvalue weighted by Crippen LogP contribution is -2.08. The number of carbonyl (C=O) groups excluding carboxylic acids is 1. The first-order valence-electron chi connectivity index (χ1n) is 6.78. The van der Waals surface area contributed by atoms with Crippen molar-refractivity contribution in [2.45, 2.75) is 33.5 Å². The normalized spacial score (nSPS) is 11.7. The molecule has 0 amide bonds. The zero-order chi connectivity index (χ0) is 17.4. The number of esters is 1. The van der Waals surface area contributed by atoms with Crippen LogP contribution in [0.4, 0.5) is 17.6 Å². The molecule has 0 saturated heterocycles. The molecule has 0 atom stereocenters. The Hall–Kier alpha value is -2.25. The van der Waals surface area contributed by atoms with E-state index in [9.17, 15) is 22.4 Å². The number of ether oxygens (including phenoxy) is 3. The molecule has 1 aromatic rings. The third-order valence-electron chi connectivity index (χ3n) is 2.71. The Kier molecular flexibility index (Phi) is 7.37. The SMILES string of the molecule is CCOC(=O)/C=C(\CC)c1ccc(OC(F)F)c(OC(F)F)c1. The third-order valence-corrected chi connectivity index (χ3v) is 2.71. The average molecular weight is 336 g/mol. The van der Waals surface area contributed by atoms with Crippen LogP contribution >= 0.6 is 0 Å². The van der Waals surface area contributed by atoms with E-state index < -0.39 is 30.7 Å². The van der Waals surface area contributed by atoms with Crippen LogP contribution in [0, 0.1) is 0 Å². The maximum Gasteiger partial charge on any atom is 0.387 e. The van der Waals surface area contributed by atoms with E-state index in [2.05, 4.69) is 9.47 Å². The summed E-state index contributed by atoms with van der Waals surface area (Å²) in [6.07, 6.45) is 1.60. The number of hydrogen-bond donors (Lipinski definition) is 0. The van der Waals surface area contributed by atoms with Crippen LogP contribution in [-0.4, -0.2) is 25.8 Å². The molecular formula is C15H16F4O4. The molecule has 0 spiro atoms. The van der Waals surface area contributed by atoms with Crippen LogP contribution in [0.3, 0.4) is 0 Å². The maximum absolute atomic E-state index is 12.4. The Morgan fingerprint density at radius 3 is 2.22 bits per heavy atom. The van der Waals surface area contributed by atoms with Gasteiger partial charge in [0.05, 0.1) is 6.61 Å². The molecule has 128 valence electrons. The molecule has 0 heterocycles. The molecule has 0 bridgehead atoms. The van der Waals surface area contributed by atoms with E-state index in [4.69, 9.17) is 4.74 Å². The Bertz CT molecular complexity index is 558. The molecule has 0 fully saturated rings. The van der Waals surface area contributed by atoms with Gasteiger partial charge in [-0.3, -0.25) is 0 Å². The summed E-state index contributed by atoms with van der Waals surface area (Å²) in [5, 5.41) is 0. The number of halogens is 4. The van der Waals surface area contributed by atoms with Crippen molar-refractivity contribution in [3.05, 3.63) is 29.8 Å². The zero-order valence-electron chi connectivity index (χ0n) is 12.5. The van der Waals surface area contributed by atoms with Crippen molar-refractivity contribution in [3.8, 4) is 11.5 Å². The van der Waals surface area contributed by atoms with Gasteiger partial charge in [-0.25, -0.2) is 4.79 Å². The fourth-order valence-electron chi connectivity index (χ4n) is 1.80. The van der Waals surface area contributed by atoms with Gasteiger partial charge in [-0.2, -0.15) is 17.6 Å². The second-order valence-corrected chi connectivity index (χ2v) is 4.19. The third kappa shape index (κ3) is 6.17. The van der Waals surface area contributed by atoms with Crippen LogP contribution in [-0.2, 0) is 9.53 Å². The first-order valence-corrected chi connectivity index (χ1v) is 6.78. The predicted octanol–water partition coefficient (Wildman–Crippen LogP) is 4.25. The van der Waals surface area contributed by atoms with Gasteiger partial charge in [-0.1, -0.05) is 13.0 Å². The quantitative estimate of drug-likeness (QED) is 0.404. The van der Waals surface area contributed by atoms with Gasteiger partial charge in [0.25, 0.3) is 0 Å². The van der Waals surface area contributed by atoms with Gasteiger partial charge in [0.15, 0.2) is 11.5 Å². The molecule has 0 saturated carbocycles. The highest BCUT2D eigenvalue weighted by atomic mass is 19.3. The van der Waals surface area contributed by atoms with E-state index in [0.29, 0.717) is 17.6 Å². The fraction of sp³-hybridized carbons (Fsp3) is 0.400. The fourth-order valence-corrected chi connectivity index (χ4v) is 1.80. The average Bonchev–Trinajstić information content (AvgIpc) is 2.46. The molecule has 1 rings (SSSR count). The van der Waals surface area contributed by atoms with E-state index in [1.54, 1.807) is 13.8 Å². The first kappa shape index (κ1) is 18.8. The zero-order valence-corrected chi connectivity index (χ0v) is 12.5. The van der Waals surface area contributed by atoms with Crippen LogP contribution in [0.25, 0.3) is 5.57 Å². The minimum absolute atomic E-state index is 0.188. The molecule has 0 N–H and O–H groups in total. The molecule has 0 aliphatic rings. The largest absolute Gasteiger partial charge is 0.463 e. The van der Waals surface area contributed by atoms with E-state index in [0.717, 1.165) is 12.1 Å². The second-order valence-electron chi connectivity index (χ2n) is 4.19. The van der Waals surface area contributed by atoms with E-state index in [1.165, 1.54) is 12.1 Å². The van der Waals surface area contributed by atoms with Crippen LogP contribution < -0.4 is 9.47 Å². The highest BCUT2D eigenvalue weighted by molar-refractivity contribution is 5.91. The Morgan fingerprint density at radius 2 is 1.70 bits per heavy atom. The predicted molar refractivity (Wildman–Crippen MR) is 74.6 cm³/mol. The lowest BCUT2D eigenvalue weighted by atomic mass is 10.0. The number of benzene rings is 1. The number of alkyl halides is 4. The summed E-state index contributed by atoms with van der Waals surface area (Å²) in [5.74, 6) is -1.65. The molecule has 0 aromatic heterocycles. The van der Waals surface area contributed by atoms with Crippen molar-refractivity contribution in [3.63, 3.8) is 0 Å². The molecule has 0 unspecified atom stereocenters. The topological polar surface area (TPSA) is 44.8 Å². The minimum atomic E-state index is -3.20. The number of allylic oxidation sites excluding steroid dienone is 1. The van der Waals surface area contributed by atoms with Crippen LogP contribution in [0.5, 0.6) is 11.5 Å². The summed E-state index contributed by atoms with van der Waals surface area (Å²) >= 11 is 0. The number of hydrogen-bond acceptors (Lipinski definition) is 4. The van der Waals surface area contributed by atoms with Crippen LogP contribution in [0.2, 0.25) is 0 Å². The van der Waals surface area contributed by atoms with Gasteiger partial charge in [0, 0.05) is 6.08 Å². The van der Waals surface area contributed by atoms with Crippen molar-refractivity contribution >= 4 is 11.5 Å². The summed E-state index contributed by atoms with van der Waals surface area (Å²) in [4.78, 5) is 11.5. The van der Waals surface area contributed by atoms with Gasteiger partial charge >= 0.3 is 19.2 Å².